The highest BCUT2D eigenvalue weighted by molar-refractivity contribution is 7.26. The van der Waals surface area contributed by atoms with E-state index in [0.717, 1.165) is 55.4 Å². The number of ether oxygens (including phenoxy) is 1. The lowest BCUT2D eigenvalue weighted by molar-refractivity contribution is -0.0395. The van der Waals surface area contributed by atoms with Crippen LogP contribution in [0.3, 0.4) is 0 Å². The molecule has 8 heteroatoms. The lowest BCUT2D eigenvalue weighted by Gasteiger charge is -2.32. The summed E-state index contributed by atoms with van der Waals surface area (Å²) in [4.78, 5) is 19.5. The molecule has 0 saturated heterocycles. The number of furan rings is 1. The van der Waals surface area contributed by atoms with Crippen LogP contribution in [0.4, 0.5) is 5.82 Å². The predicted octanol–water partition coefficient (Wildman–Crippen LogP) is 5.36. The van der Waals surface area contributed by atoms with E-state index < -0.39 is 0 Å². The molecule has 5 aromatic rings. The van der Waals surface area contributed by atoms with Gasteiger partial charge in [0.15, 0.2) is 5.76 Å². The standard InChI is InChI=1S/C24H21N5O2S/c1-24(2)10-15-16(12-31-24)19(17-7-5-9-30-17)29-23-18(15)20-21(32-23)22(28-13-27-20)26-11-14-6-3-4-8-25-14/h3-9,13H,10-12H2,1-2H3,(H,26,27,28). The Kier molecular flexibility index (Phi) is 4.44. The molecule has 0 aliphatic carbocycles. The zero-order valence-corrected chi connectivity index (χ0v) is 18.6. The number of anilines is 1. The fraction of sp³-hybridized carbons (Fsp3) is 0.250. The summed E-state index contributed by atoms with van der Waals surface area (Å²) in [5, 5.41) is 4.52. The smallest absolute Gasteiger partial charge is 0.152 e. The Labute approximate surface area is 188 Å². The summed E-state index contributed by atoms with van der Waals surface area (Å²) in [6.07, 6.45) is 5.87. The van der Waals surface area contributed by atoms with E-state index in [0.29, 0.717) is 13.2 Å². The Morgan fingerprint density at radius 1 is 1.09 bits per heavy atom. The van der Waals surface area contributed by atoms with Gasteiger partial charge in [-0.25, -0.2) is 15.0 Å². The van der Waals surface area contributed by atoms with Gasteiger partial charge in [-0.2, -0.15) is 0 Å². The first-order chi connectivity index (χ1) is 15.6. The first-order valence-corrected chi connectivity index (χ1v) is 11.3. The molecule has 0 saturated carbocycles. The van der Waals surface area contributed by atoms with Crippen molar-refractivity contribution in [3.05, 3.63) is 65.9 Å². The van der Waals surface area contributed by atoms with E-state index in [1.165, 1.54) is 5.56 Å². The van der Waals surface area contributed by atoms with E-state index in [2.05, 4.69) is 34.1 Å². The van der Waals surface area contributed by atoms with Crippen molar-refractivity contribution in [1.82, 2.24) is 19.9 Å². The molecule has 0 bridgehead atoms. The van der Waals surface area contributed by atoms with Crippen LogP contribution in [-0.2, 0) is 24.3 Å². The third kappa shape index (κ3) is 3.23. The summed E-state index contributed by atoms with van der Waals surface area (Å²) in [5.41, 5.74) is 4.77. The van der Waals surface area contributed by atoms with Gasteiger partial charge in [-0.05, 0) is 43.7 Å². The largest absolute Gasteiger partial charge is 0.463 e. The number of rotatable bonds is 4. The molecule has 0 fully saturated rings. The van der Waals surface area contributed by atoms with Gasteiger partial charge in [-0.15, -0.1) is 11.3 Å². The zero-order valence-electron chi connectivity index (χ0n) is 17.8. The lowest BCUT2D eigenvalue weighted by Crippen LogP contribution is -2.32. The van der Waals surface area contributed by atoms with Gasteiger partial charge in [0.1, 0.15) is 22.7 Å². The highest BCUT2D eigenvalue weighted by atomic mass is 32.1. The number of hydrogen-bond acceptors (Lipinski definition) is 8. The van der Waals surface area contributed by atoms with E-state index in [9.17, 15) is 0 Å². The molecule has 0 atom stereocenters. The maximum absolute atomic E-state index is 6.15. The third-order valence-corrected chi connectivity index (χ3v) is 6.83. The molecule has 0 spiro atoms. The fourth-order valence-corrected chi connectivity index (χ4v) is 5.35. The van der Waals surface area contributed by atoms with E-state index in [1.54, 1.807) is 30.1 Å². The van der Waals surface area contributed by atoms with Crippen molar-refractivity contribution in [2.75, 3.05) is 5.32 Å². The highest BCUT2D eigenvalue weighted by Gasteiger charge is 2.32. The van der Waals surface area contributed by atoms with E-state index in [4.69, 9.17) is 14.1 Å². The summed E-state index contributed by atoms with van der Waals surface area (Å²) in [7, 11) is 0. The molecule has 0 amide bonds. The average Bonchev–Trinajstić information content (AvgIpc) is 3.45. The van der Waals surface area contributed by atoms with Crippen LogP contribution in [0, 0.1) is 0 Å². The van der Waals surface area contributed by atoms with Crippen LogP contribution in [-0.4, -0.2) is 25.5 Å². The highest BCUT2D eigenvalue weighted by Crippen LogP contribution is 2.44. The number of thiophene rings is 1. The van der Waals surface area contributed by atoms with Crippen molar-refractivity contribution in [2.24, 2.45) is 0 Å². The number of nitrogens with one attached hydrogen (secondary N) is 1. The van der Waals surface area contributed by atoms with Crippen LogP contribution < -0.4 is 5.32 Å². The molecule has 0 unspecified atom stereocenters. The van der Waals surface area contributed by atoms with Crippen molar-refractivity contribution in [2.45, 2.75) is 39.0 Å². The van der Waals surface area contributed by atoms with Crippen molar-refractivity contribution in [3.63, 3.8) is 0 Å². The minimum Gasteiger partial charge on any atom is -0.463 e. The van der Waals surface area contributed by atoms with Crippen LogP contribution in [0.5, 0.6) is 0 Å². The number of fused-ring (bicyclic) bond motifs is 5. The summed E-state index contributed by atoms with van der Waals surface area (Å²) >= 11 is 1.61. The second kappa shape index (κ2) is 7.36. The number of pyridine rings is 2. The van der Waals surface area contributed by atoms with E-state index >= 15 is 0 Å². The van der Waals surface area contributed by atoms with Crippen molar-refractivity contribution in [1.29, 1.82) is 0 Å². The summed E-state index contributed by atoms with van der Waals surface area (Å²) in [6.45, 7) is 5.33. The molecule has 0 aromatic carbocycles. The Bertz CT molecular complexity index is 1430. The van der Waals surface area contributed by atoms with Gasteiger partial charge in [-0.1, -0.05) is 6.07 Å². The van der Waals surface area contributed by atoms with Gasteiger partial charge in [0.05, 0.1) is 40.9 Å². The first-order valence-electron chi connectivity index (χ1n) is 10.5. The minimum absolute atomic E-state index is 0.261. The van der Waals surface area contributed by atoms with Gasteiger partial charge in [0.25, 0.3) is 0 Å². The second-order valence-corrected chi connectivity index (χ2v) is 9.48. The molecule has 32 heavy (non-hydrogen) atoms. The molecule has 1 N–H and O–H groups in total. The Balaban J connectivity index is 1.54. The van der Waals surface area contributed by atoms with Crippen molar-refractivity contribution < 1.29 is 9.15 Å². The molecular weight excluding hydrogens is 422 g/mol. The maximum atomic E-state index is 6.15. The minimum atomic E-state index is -0.261. The summed E-state index contributed by atoms with van der Waals surface area (Å²) in [6, 6.07) is 9.72. The predicted molar refractivity (Wildman–Crippen MR) is 125 cm³/mol. The molecule has 1 aliphatic heterocycles. The molecule has 5 aromatic heterocycles. The topological polar surface area (TPSA) is 86.0 Å². The molecule has 6 heterocycles. The number of hydrogen-bond donors (Lipinski definition) is 1. The quantitative estimate of drug-likeness (QED) is 0.400. The van der Waals surface area contributed by atoms with Crippen LogP contribution in [0.25, 0.3) is 31.9 Å². The SMILES string of the molecule is CC1(C)Cc2c(c(-c3ccco3)nc3sc4c(NCc5ccccn5)ncnc4c23)CO1. The van der Waals surface area contributed by atoms with Gasteiger partial charge >= 0.3 is 0 Å². The molecule has 160 valence electrons. The van der Waals surface area contributed by atoms with Gasteiger partial charge in [0.2, 0.25) is 0 Å². The molecule has 7 nitrogen and oxygen atoms in total. The van der Waals surface area contributed by atoms with Crippen LogP contribution >= 0.6 is 11.3 Å². The maximum Gasteiger partial charge on any atom is 0.152 e. The van der Waals surface area contributed by atoms with Crippen molar-refractivity contribution in [3.8, 4) is 11.5 Å². The summed E-state index contributed by atoms with van der Waals surface area (Å²) < 4.78 is 12.9. The molecule has 0 radical (unpaired) electrons. The average molecular weight is 444 g/mol. The number of aromatic nitrogens is 4. The Morgan fingerprint density at radius 3 is 2.84 bits per heavy atom. The van der Waals surface area contributed by atoms with Crippen LogP contribution in [0.15, 0.2) is 53.5 Å². The Hall–Kier alpha value is -3.36. The van der Waals surface area contributed by atoms with Gasteiger partial charge in [0, 0.05) is 23.6 Å². The van der Waals surface area contributed by atoms with Gasteiger partial charge in [-0.3, -0.25) is 4.98 Å². The summed E-state index contributed by atoms with van der Waals surface area (Å²) in [5.74, 6) is 1.55. The molecule has 1 aliphatic rings. The molecular formula is C24H21N5O2S. The fourth-order valence-electron chi connectivity index (χ4n) is 4.23. The Morgan fingerprint density at radius 2 is 2.03 bits per heavy atom. The van der Waals surface area contributed by atoms with E-state index in [-0.39, 0.29) is 5.60 Å². The second-order valence-electron chi connectivity index (χ2n) is 8.48. The molecule has 6 rings (SSSR count). The van der Waals surface area contributed by atoms with Crippen LogP contribution in [0.2, 0.25) is 0 Å². The zero-order chi connectivity index (χ0) is 21.7. The normalized spacial score (nSPS) is 15.2. The number of nitrogens with zero attached hydrogens (tertiary/aromatic N) is 4. The first kappa shape index (κ1) is 19.3. The monoisotopic (exact) mass is 443 g/mol. The lowest BCUT2D eigenvalue weighted by atomic mass is 9.89. The van der Waals surface area contributed by atoms with E-state index in [1.807, 2.05) is 30.3 Å². The third-order valence-electron chi connectivity index (χ3n) is 5.75. The van der Waals surface area contributed by atoms with Gasteiger partial charge < -0.3 is 14.5 Å². The van der Waals surface area contributed by atoms with Crippen molar-refractivity contribution >= 4 is 37.6 Å². The van der Waals surface area contributed by atoms with Crippen LogP contribution in [0.1, 0.15) is 30.7 Å².